The van der Waals surface area contributed by atoms with Gasteiger partial charge in [0.05, 0.1) is 6.42 Å². The lowest BCUT2D eigenvalue weighted by molar-refractivity contribution is -0.142. The number of aliphatic carboxylic acids is 1. The first-order chi connectivity index (χ1) is 13.5. The number of carbonyl (C=O) groups excluding carboxylic acids is 1. The Balaban J connectivity index is 1.65. The number of nitrogens with one attached hydrogen (secondary N) is 1. The van der Waals surface area contributed by atoms with E-state index in [2.05, 4.69) is 5.32 Å². The molecule has 0 unspecified atom stereocenters. The van der Waals surface area contributed by atoms with Gasteiger partial charge in [-0.25, -0.2) is 9.18 Å². The quantitative estimate of drug-likeness (QED) is 0.714. The molecule has 4 rings (SSSR count). The van der Waals surface area contributed by atoms with Crippen LogP contribution in [0, 0.1) is 5.82 Å². The molecular formula is C23H18FNO3. The largest absolute Gasteiger partial charge is 0.480 e. The molecule has 0 fully saturated rings. The molecule has 0 aromatic heterocycles. The van der Waals surface area contributed by atoms with Crippen molar-refractivity contribution < 1.29 is 19.1 Å². The molecule has 1 atom stereocenters. The van der Waals surface area contributed by atoms with E-state index < -0.39 is 29.7 Å². The molecule has 0 bridgehead atoms. The SMILES string of the molecule is O=C(Cc1cccc(F)c1)N[C@H](C(=O)O)C1c2ccccc2-c2ccccc21. The molecule has 0 saturated heterocycles. The smallest absolute Gasteiger partial charge is 0.327 e. The van der Waals surface area contributed by atoms with Crippen molar-refractivity contribution >= 4 is 11.9 Å². The van der Waals surface area contributed by atoms with Gasteiger partial charge in [0.2, 0.25) is 5.91 Å². The molecular weight excluding hydrogens is 357 g/mol. The van der Waals surface area contributed by atoms with E-state index in [9.17, 15) is 19.1 Å². The zero-order chi connectivity index (χ0) is 19.7. The summed E-state index contributed by atoms with van der Waals surface area (Å²) in [4.78, 5) is 24.6. The molecule has 2 N–H and O–H groups in total. The van der Waals surface area contributed by atoms with Gasteiger partial charge in [-0.3, -0.25) is 4.79 Å². The summed E-state index contributed by atoms with van der Waals surface area (Å²) in [7, 11) is 0. The Bertz CT molecular complexity index is 1020. The maximum atomic E-state index is 13.4. The number of carboxylic acids is 1. The number of carboxylic acid groups (broad SMARTS) is 1. The molecule has 0 heterocycles. The van der Waals surface area contributed by atoms with Crippen LogP contribution < -0.4 is 5.32 Å². The number of amides is 1. The van der Waals surface area contributed by atoms with Crippen molar-refractivity contribution in [3.05, 3.63) is 95.3 Å². The van der Waals surface area contributed by atoms with Crippen LogP contribution in [0.1, 0.15) is 22.6 Å². The Morgan fingerprint density at radius 1 is 0.929 bits per heavy atom. The summed E-state index contributed by atoms with van der Waals surface area (Å²) >= 11 is 0. The fourth-order valence-corrected chi connectivity index (χ4v) is 3.90. The van der Waals surface area contributed by atoms with Crippen LogP contribution >= 0.6 is 0 Å². The third-order valence-electron chi connectivity index (χ3n) is 5.05. The van der Waals surface area contributed by atoms with Crippen LogP contribution in [0.4, 0.5) is 4.39 Å². The third kappa shape index (κ3) is 3.27. The van der Waals surface area contributed by atoms with Crippen LogP contribution in [0.15, 0.2) is 72.8 Å². The summed E-state index contributed by atoms with van der Waals surface area (Å²) in [5, 5.41) is 12.5. The summed E-state index contributed by atoms with van der Waals surface area (Å²) in [6.45, 7) is 0. The maximum Gasteiger partial charge on any atom is 0.327 e. The molecule has 1 amide bonds. The van der Waals surface area contributed by atoms with Crippen molar-refractivity contribution in [1.82, 2.24) is 5.32 Å². The summed E-state index contributed by atoms with van der Waals surface area (Å²) in [6, 6.07) is 19.9. The lowest BCUT2D eigenvalue weighted by Gasteiger charge is -2.23. The van der Waals surface area contributed by atoms with Crippen molar-refractivity contribution in [3.8, 4) is 11.1 Å². The highest BCUT2D eigenvalue weighted by atomic mass is 19.1. The van der Waals surface area contributed by atoms with E-state index in [1.807, 2.05) is 48.5 Å². The van der Waals surface area contributed by atoms with Crippen LogP contribution in [0.3, 0.4) is 0 Å². The lowest BCUT2D eigenvalue weighted by atomic mass is 9.89. The van der Waals surface area contributed by atoms with Gasteiger partial charge >= 0.3 is 5.97 Å². The average Bonchev–Trinajstić information content (AvgIpc) is 3.00. The normalized spacial score (nSPS) is 13.5. The number of halogens is 1. The van der Waals surface area contributed by atoms with Gasteiger partial charge < -0.3 is 10.4 Å². The van der Waals surface area contributed by atoms with Gasteiger partial charge in [-0.05, 0) is 39.9 Å². The molecule has 0 saturated carbocycles. The molecule has 0 aliphatic heterocycles. The van der Waals surface area contributed by atoms with Crippen molar-refractivity contribution in [1.29, 1.82) is 0 Å². The summed E-state index contributed by atoms with van der Waals surface area (Å²) in [5.74, 6) is -2.48. The number of fused-ring (bicyclic) bond motifs is 3. The summed E-state index contributed by atoms with van der Waals surface area (Å²) in [5.41, 5.74) is 4.21. The first-order valence-corrected chi connectivity index (χ1v) is 8.99. The minimum Gasteiger partial charge on any atom is -0.480 e. The molecule has 3 aromatic rings. The van der Waals surface area contributed by atoms with E-state index in [0.29, 0.717) is 5.56 Å². The van der Waals surface area contributed by atoms with E-state index in [0.717, 1.165) is 22.3 Å². The highest BCUT2D eigenvalue weighted by Crippen LogP contribution is 2.46. The van der Waals surface area contributed by atoms with Gasteiger partial charge in [0.1, 0.15) is 11.9 Å². The van der Waals surface area contributed by atoms with Crippen molar-refractivity contribution in [2.24, 2.45) is 0 Å². The van der Waals surface area contributed by atoms with Gasteiger partial charge in [0.15, 0.2) is 0 Å². The van der Waals surface area contributed by atoms with Crippen LogP contribution in [0.2, 0.25) is 0 Å². The standard InChI is InChI=1S/C23H18FNO3/c24-15-7-5-6-14(12-15)13-20(26)25-22(23(27)28)21-18-10-3-1-8-16(18)17-9-2-4-11-19(17)21/h1-12,21-22H,13H2,(H,25,26)(H,27,28)/t22-/m0/s1. The van der Waals surface area contributed by atoms with E-state index in [-0.39, 0.29) is 6.42 Å². The van der Waals surface area contributed by atoms with Crippen LogP contribution in [-0.2, 0) is 16.0 Å². The Kier molecular flexibility index (Phi) is 4.65. The maximum absolute atomic E-state index is 13.4. The Morgan fingerprint density at radius 3 is 2.11 bits per heavy atom. The molecule has 0 spiro atoms. The average molecular weight is 375 g/mol. The number of benzene rings is 3. The molecule has 0 radical (unpaired) electrons. The number of carbonyl (C=O) groups is 2. The first kappa shape index (κ1) is 17.9. The third-order valence-corrected chi connectivity index (χ3v) is 5.05. The molecule has 140 valence electrons. The molecule has 4 nitrogen and oxygen atoms in total. The van der Waals surface area contributed by atoms with E-state index in [4.69, 9.17) is 0 Å². The molecule has 1 aliphatic rings. The van der Waals surface area contributed by atoms with Gasteiger partial charge in [-0.2, -0.15) is 0 Å². The van der Waals surface area contributed by atoms with Gasteiger partial charge in [-0.15, -0.1) is 0 Å². The van der Waals surface area contributed by atoms with E-state index in [1.165, 1.54) is 18.2 Å². The van der Waals surface area contributed by atoms with Crippen molar-refractivity contribution in [2.75, 3.05) is 0 Å². The highest BCUT2D eigenvalue weighted by molar-refractivity contribution is 5.89. The second-order valence-electron chi connectivity index (χ2n) is 6.84. The second kappa shape index (κ2) is 7.27. The predicted octanol–water partition coefficient (Wildman–Crippen LogP) is 3.75. The minimum atomic E-state index is -1.12. The second-order valence-corrected chi connectivity index (χ2v) is 6.84. The Morgan fingerprint density at radius 2 is 1.54 bits per heavy atom. The molecule has 1 aliphatic carbocycles. The number of hydrogen-bond donors (Lipinski definition) is 2. The fourth-order valence-electron chi connectivity index (χ4n) is 3.90. The molecule has 28 heavy (non-hydrogen) atoms. The summed E-state index contributed by atoms with van der Waals surface area (Å²) < 4.78 is 13.4. The highest BCUT2D eigenvalue weighted by Gasteiger charge is 2.38. The van der Waals surface area contributed by atoms with E-state index in [1.54, 1.807) is 6.07 Å². The van der Waals surface area contributed by atoms with E-state index >= 15 is 0 Å². The monoisotopic (exact) mass is 375 g/mol. The minimum absolute atomic E-state index is 0.0858. The Labute approximate surface area is 161 Å². The van der Waals surface area contributed by atoms with Gasteiger partial charge in [0, 0.05) is 5.92 Å². The topological polar surface area (TPSA) is 66.4 Å². The predicted molar refractivity (Wildman–Crippen MR) is 103 cm³/mol. The molecule has 5 heteroatoms. The zero-order valence-corrected chi connectivity index (χ0v) is 14.9. The molecule has 3 aromatic carbocycles. The fraction of sp³-hybridized carbons (Fsp3) is 0.130. The van der Waals surface area contributed by atoms with Crippen LogP contribution in [0.5, 0.6) is 0 Å². The Hall–Kier alpha value is -3.47. The van der Waals surface area contributed by atoms with Crippen molar-refractivity contribution in [2.45, 2.75) is 18.4 Å². The van der Waals surface area contributed by atoms with Gasteiger partial charge in [0.25, 0.3) is 0 Å². The number of rotatable bonds is 5. The van der Waals surface area contributed by atoms with Gasteiger partial charge in [-0.1, -0.05) is 60.7 Å². The van der Waals surface area contributed by atoms with Crippen LogP contribution in [-0.4, -0.2) is 23.0 Å². The first-order valence-electron chi connectivity index (χ1n) is 8.99. The van der Waals surface area contributed by atoms with Crippen LogP contribution in [0.25, 0.3) is 11.1 Å². The lowest BCUT2D eigenvalue weighted by Crippen LogP contribution is -2.45. The zero-order valence-electron chi connectivity index (χ0n) is 14.9. The number of hydrogen-bond acceptors (Lipinski definition) is 2. The summed E-state index contributed by atoms with van der Waals surface area (Å²) in [6.07, 6.45) is -0.0858. The van der Waals surface area contributed by atoms with Crippen molar-refractivity contribution in [3.63, 3.8) is 0 Å².